The van der Waals surface area contributed by atoms with Crippen molar-refractivity contribution in [1.29, 1.82) is 0 Å². The van der Waals surface area contributed by atoms with Gasteiger partial charge in [0.1, 0.15) is 23.7 Å². The van der Waals surface area contributed by atoms with Crippen LogP contribution in [0.15, 0.2) is 73.3 Å². The van der Waals surface area contributed by atoms with Gasteiger partial charge in [-0.3, -0.25) is 4.57 Å². The molecule has 0 saturated carbocycles. The summed E-state index contributed by atoms with van der Waals surface area (Å²) in [5, 5.41) is 5.64. The highest BCUT2D eigenvalue weighted by atomic mass is 16.5. The first-order valence-electron chi connectivity index (χ1n) is 9.32. The average Bonchev–Trinajstić information content (AvgIpc) is 3.26. The third-order valence-electron chi connectivity index (χ3n) is 4.30. The van der Waals surface area contributed by atoms with Crippen LogP contribution in [0.2, 0.25) is 0 Å². The van der Waals surface area contributed by atoms with Crippen LogP contribution in [-0.4, -0.2) is 25.6 Å². The van der Waals surface area contributed by atoms with E-state index in [1.165, 1.54) is 0 Å². The Morgan fingerprint density at radius 3 is 2.53 bits per heavy atom. The SMILES string of the molecule is Cc1nc(Oc2ccc(NC(=O)Nc3ccccc3C)cc2)cc(-n2ccnc2)n1. The molecule has 0 spiro atoms. The molecule has 2 amide bonds. The molecule has 0 aliphatic carbocycles. The first kappa shape index (κ1) is 19.1. The second-order valence-corrected chi connectivity index (χ2v) is 6.60. The summed E-state index contributed by atoms with van der Waals surface area (Å²) in [5.74, 6) is 2.27. The molecular formula is C22H20N6O2. The van der Waals surface area contributed by atoms with Gasteiger partial charge in [0, 0.05) is 29.8 Å². The Kier molecular flexibility index (Phi) is 5.38. The Balaban J connectivity index is 1.42. The molecule has 2 heterocycles. The molecule has 2 N–H and O–H groups in total. The molecule has 0 aliphatic heterocycles. The van der Waals surface area contributed by atoms with Crippen molar-refractivity contribution >= 4 is 17.4 Å². The molecule has 0 saturated heterocycles. The number of benzene rings is 2. The summed E-state index contributed by atoms with van der Waals surface area (Å²) in [5.41, 5.74) is 2.40. The molecule has 8 heteroatoms. The number of ether oxygens (including phenoxy) is 1. The number of carbonyl (C=O) groups is 1. The van der Waals surface area contributed by atoms with Crippen molar-refractivity contribution in [3.05, 3.63) is 84.7 Å². The van der Waals surface area contributed by atoms with Crippen molar-refractivity contribution in [3.8, 4) is 17.4 Å². The lowest BCUT2D eigenvalue weighted by molar-refractivity contribution is 0.262. The predicted octanol–water partition coefficient (Wildman–Crippen LogP) is 4.72. The van der Waals surface area contributed by atoms with Gasteiger partial charge in [-0.25, -0.2) is 14.8 Å². The van der Waals surface area contributed by atoms with E-state index in [0.717, 1.165) is 11.3 Å². The Hall–Kier alpha value is -4.20. The van der Waals surface area contributed by atoms with E-state index >= 15 is 0 Å². The Bertz CT molecular complexity index is 1160. The largest absolute Gasteiger partial charge is 0.439 e. The summed E-state index contributed by atoms with van der Waals surface area (Å²) < 4.78 is 7.64. The first-order valence-corrected chi connectivity index (χ1v) is 9.32. The minimum Gasteiger partial charge on any atom is -0.439 e. The maximum absolute atomic E-state index is 12.2. The zero-order valence-corrected chi connectivity index (χ0v) is 16.5. The quantitative estimate of drug-likeness (QED) is 0.506. The van der Waals surface area contributed by atoms with Crippen molar-refractivity contribution in [2.75, 3.05) is 10.6 Å². The van der Waals surface area contributed by atoms with Crippen LogP contribution in [0.25, 0.3) is 5.82 Å². The van der Waals surface area contributed by atoms with Crippen LogP contribution in [-0.2, 0) is 0 Å². The number of hydrogen-bond donors (Lipinski definition) is 2. The van der Waals surface area contributed by atoms with Gasteiger partial charge in [0.25, 0.3) is 0 Å². The van der Waals surface area contributed by atoms with Gasteiger partial charge in [0.2, 0.25) is 5.88 Å². The van der Waals surface area contributed by atoms with Gasteiger partial charge in [-0.15, -0.1) is 0 Å². The topological polar surface area (TPSA) is 94.0 Å². The number of amides is 2. The smallest absolute Gasteiger partial charge is 0.323 e. The number of imidazole rings is 1. The summed E-state index contributed by atoms with van der Waals surface area (Å²) in [6.45, 7) is 3.74. The molecule has 2 aromatic heterocycles. The van der Waals surface area contributed by atoms with Crippen molar-refractivity contribution < 1.29 is 9.53 Å². The lowest BCUT2D eigenvalue weighted by Crippen LogP contribution is -2.19. The van der Waals surface area contributed by atoms with E-state index in [2.05, 4.69) is 25.6 Å². The van der Waals surface area contributed by atoms with Crippen LogP contribution in [0, 0.1) is 13.8 Å². The first-order chi connectivity index (χ1) is 14.6. The molecule has 0 unspecified atom stereocenters. The number of aromatic nitrogens is 4. The predicted molar refractivity (Wildman–Crippen MR) is 114 cm³/mol. The van der Waals surface area contributed by atoms with Gasteiger partial charge in [-0.2, -0.15) is 4.98 Å². The molecule has 0 fully saturated rings. The van der Waals surface area contributed by atoms with Crippen LogP contribution < -0.4 is 15.4 Å². The highest BCUT2D eigenvalue weighted by Crippen LogP contribution is 2.23. The number of nitrogens with zero attached hydrogens (tertiary/aromatic N) is 4. The van der Waals surface area contributed by atoms with Crippen molar-refractivity contribution in [3.63, 3.8) is 0 Å². The maximum atomic E-state index is 12.2. The third-order valence-corrected chi connectivity index (χ3v) is 4.30. The summed E-state index contributed by atoms with van der Waals surface area (Å²) in [6.07, 6.45) is 5.14. The minimum absolute atomic E-state index is 0.311. The van der Waals surface area contributed by atoms with Gasteiger partial charge in [0.15, 0.2) is 0 Å². The number of nitrogens with one attached hydrogen (secondary N) is 2. The normalized spacial score (nSPS) is 10.5. The zero-order chi connectivity index (χ0) is 20.9. The van der Waals surface area contributed by atoms with Gasteiger partial charge >= 0.3 is 6.03 Å². The van der Waals surface area contributed by atoms with E-state index in [4.69, 9.17) is 4.74 Å². The van der Waals surface area contributed by atoms with Crippen molar-refractivity contribution in [2.24, 2.45) is 0 Å². The molecule has 150 valence electrons. The van der Waals surface area contributed by atoms with Crippen molar-refractivity contribution in [2.45, 2.75) is 13.8 Å². The molecule has 8 nitrogen and oxygen atoms in total. The molecule has 2 aromatic carbocycles. The van der Waals surface area contributed by atoms with Crippen LogP contribution >= 0.6 is 0 Å². The van der Waals surface area contributed by atoms with E-state index in [0.29, 0.717) is 29.0 Å². The fourth-order valence-electron chi connectivity index (χ4n) is 2.83. The Morgan fingerprint density at radius 2 is 1.80 bits per heavy atom. The van der Waals surface area contributed by atoms with E-state index in [1.54, 1.807) is 60.5 Å². The molecule has 0 aliphatic rings. The summed E-state index contributed by atoms with van der Waals surface area (Å²) in [7, 11) is 0. The van der Waals surface area contributed by atoms with Gasteiger partial charge in [-0.1, -0.05) is 18.2 Å². The lowest BCUT2D eigenvalue weighted by atomic mass is 10.2. The zero-order valence-electron chi connectivity index (χ0n) is 16.5. The highest BCUT2D eigenvalue weighted by molar-refractivity contribution is 6.00. The monoisotopic (exact) mass is 400 g/mol. The van der Waals surface area contributed by atoms with E-state index < -0.39 is 0 Å². The second kappa shape index (κ2) is 8.44. The molecular weight excluding hydrogens is 380 g/mol. The summed E-state index contributed by atoms with van der Waals surface area (Å²) in [6, 6.07) is 16.1. The van der Waals surface area contributed by atoms with E-state index in [-0.39, 0.29) is 6.03 Å². The van der Waals surface area contributed by atoms with Gasteiger partial charge in [-0.05, 0) is 49.7 Å². The number of urea groups is 1. The fourth-order valence-corrected chi connectivity index (χ4v) is 2.83. The Labute approximate surface area is 173 Å². The summed E-state index contributed by atoms with van der Waals surface area (Å²) in [4.78, 5) is 24.9. The number of para-hydroxylation sites is 1. The molecule has 4 aromatic rings. The average molecular weight is 400 g/mol. The van der Waals surface area contributed by atoms with Crippen molar-refractivity contribution in [1.82, 2.24) is 19.5 Å². The van der Waals surface area contributed by atoms with Crippen LogP contribution in [0.1, 0.15) is 11.4 Å². The van der Waals surface area contributed by atoms with Gasteiger partial charge in [0.05, 0.1) is 0 Å². The minimum atomic E-state index is -0.311. The molecule has 4 rings (SSSR count). The lowest BCUT2D eigenvalue weighted by Gasteiger charge is -2.11. The second-order valence-electron chi connectivity index (χ2n) is 6.60. The number of anilines is 2. The number of aryl methyl sites for hydroxylation is 2. The van der Waals surface area contributed by atoms with Crippen LogP contribution in [0.5, 0.6) is 11.6 Å². The summed E-state index contributed by atoms with van der Waals surface area (Å²) >= 11 is 0. The standard InChI is InChI=1S/C22H20N6O2/c1-15-5-3-4-6-19(15)27-22(29)26-17-7-9-18(10-8-17)30-21-13-20(24-16(2)25-21)28-12-11-23-14-28/h3-14H,1-2H3,(H2,26,27,29). The van der Waals surface area contributed by atoms with Crippen LogP contribution in [0.4, 0.5) is 16.2 Å². The number of carbonyl (C=O) groups excluding carboxylic acids is 1. The van der Waals surface area contributed by atoms with E-state index in [9.17, 15) is 4.79 Å². The van der Waals surface area contributed by atoms with E-state index in [1.807, 2.05) is 31.2 Å². The van der Waals surface area contributed by atoms with Gasteiger partial charge < -0.3 is 15.4 Å². The number of rotatable bonds is 5. The molecule has 0 atom stereocenters. The Morgan fingerprint density at radius 1 is 1.00 bits per heavy atom. The molecule has 30 heavy (non-hydrogen) atoms. The fraction of sp³-hybridized carbons (Fsp3) is 0.0909. The maximum Gasteiger partial charge on any atom is 0.323 e. The molecule has 0 bridgehead atoms. The highest BCUT2D eigenvalue weighted by Gasteiger charge is 2.08. The third kappa shape index (κ3) is 4.61. The molecule has 0 radical (unpaired) electrons. The number of hydrogen-bond acceptors (Lipinski definition) is 5. The van der Waals surface area contributed by atoms with Crippen LogP contribution in [0.3, 0.4) is 0 Å².